The molecule has 0 aliphatic heterocycles. The predicted octanol–water partition coefficient (Wildman–Crippen LogP) is 1.28. The molecule has 116 valence electrons. The van der Waals surface area contributed by atoms with E-state index in [0.717, 1.165) is 0 Å². The number of hydrogen-bond donors (Lipinski definition) is 2. The standard InChI is InChI=1S/C8H20N.C4H9O5P/c1-5-9(6-2,7-3)8-4;5-4(6)2-1-3-10(7,8)9/h5-8H2,1-4H3;1-3H2,(H,5,6)(H2,7,8,9)/q+1;/p-1. The van der Waals surface area contributed by atoms with Crippen LogP contribution in [0.4, 0.5) is 0 Å². The molecule has 0 fully saturated rings. The summed E-state index contributed by atoms with van der Waals surface area (Å²) in [6.07, 6.45) is -0.724. The van der Waals surface area contributed by atoms with E-state index in [2.05, 4.69) is 27.7 Å². The summed E-state index contributed by atoms with van der Waals surface area (Å²) < 4.78 is 11.3. The van der Waals surface area contributed by atoms with E-state index in [1.807, 2.05) is 0 Å². The third-order valence-corrected chi connectivity index (χ3v) is 4.40. The number of nitrogens with zero attached hydrogens (tertiary/aromatic N) is 1. The summed E-state index contributed by atoms with van der Waals surface area (Å²) in [7, 11) is -4.24. The van der Waals surface area contributed by atoms with Crippen LogP contribution in [0, 0.1) is 0 Å². The molecule has 0 aromatic carbocycles. The summed E-state index contributed by atoms with van der Waals surface area (Å²) in [4.78, 5) is 28.0. The Balaban J connectivity index is 0. The minimum absolute atomic E-state index is 0.0351. The van der Waals surface area contributed by atoms with Crippen molar-refractivity contribution in [1.29, 1.82) is 0 Å². The normalized spacial score (nSPS) is 14.2. The van der Waals surface area contributed by atoms with Gasteiger partial charge in [-0.25, -0.2) is 0 Å². The molecule has 0 saturated carbocycles. The van der Waals surface area contributed by atoms with Crippen LogP contribution in [0.5, 0.6) is 0 Å². The zero-order chi connectivity index (χ0) is 15.5. The molecule has 0 radical (unpaired) electrons. The first-order chi connectivity index (χ1) is 8.66. The van der Waals surface area contributed by atoms with Gasteiger partial charge in [-0.3, -0.25) is 4.79 Å². The van der Waals surface area contributed by atoms with Gasteiger partial charge in [0.2, 0.25) is 0 Å². The first-order valence-corrected chi connectivity index (χ1v) is 8.52. The highest BCUT2D eigenvalue weighted by Gasteiger charge is 2.16. The minimum atomic E-state index is -4.24. The van der Waals surface area contributed by atoms with E-state index in [0.29, 0.717) is 0 Å². The van der Waals surface area contributed by atoms with Gasteiger partial charge in [0.05, 0.1) is 26.2 Å². The Labute approximate surface area is 116 Å². The van der Waals surface area contributed by atoms with Gasteiger partial charge in [-0.2, -0.15) is 0 Å². The summed E-state index contributed by atoms with van der Waals surface area (Å²) in [6.45, 7) is 14.2. The van der Waals surface area contributed by atoms with Crippen LogP contribution >= 0.6 is 7.60 Å². The van der Waals surface area contributed by atoms with E-state index >= 15 is 0 Å². The molecule has 6 nitrogen and oxygen atoms in total. The van der Waals surface area contributed by atoms with E-state index in [-0.39, 0.29) is 12.8 Å². The smallest absolute Gasteiger partial charge is 0.303 e. The minimum Gasteiger partial charge on any atom is -0.779 e. The summed E-state index contributed by atoms with van der Waals surface area (Å²) >= 11 is 0. The van der Waals surface area contributed by atoms with Gasteiger partial charge >= 0.3 is 5.97 Å². The van der Waals surface area contributed by atoms with Crippen molar-refractivity contribution in [2.75, 3.05) is 32.3 Å². The Morgan fingerprint density at radius 2 is 1.47 bits per heavy atom. The van der Waals surface area contributed by atoms with Gasteiger partial charge in [0, 0.05) is 12.6 Å². The SMILES string of the molecule is CC[N+](CC)(CC)CC.O=C(O)CCCP(=O)([O-])O. The van der Waals surface area contributed by atoms with Crippen LogP contribution in [-0.2, 0) is 9.36 Å². The van der Waals surface area contributed by atoms with Crippen LogP contribution in [0.2, 0.25) is 0 Å². The molecule has 0 heterocycles. The number of hydrogen-bond acceptors (Lipinski definition) is 3. The maximum absolute atomic E-state index is 10.0. The first kappa shape index (κ1) is 20.9. The lowest BCUT2D eigenvalue weighted by atomic mass is 10.3. The molecule has 0 aliphatic carbocycles. The van der Waals surface area contributed by atoms with Crippen molar-refractivity contribution in [3.63, 3.8) is 0 Å². The number of carboxylic acids is 1. The Bertz CT molecular complexity index is 268. The molecule has 0 saturated heterocycles. The number of quaternary nitrogens is 1. The van der Waals surface area contributed by atoms with Crippen molar-refractivity contribution >= 4 is 13.6 Å². The highest BCUT2D eigenvalue weighted by atomic mass is 31.2. The fourth-order valence-corrected chi connectivity index (χ4v) is 2.33. The van der Waals surface area contributed by atoms with Gasteiger partial charge in [-0.05, 0) is 34.1 Å². The summed E-state index contributed by atoms with van der Waals surface area (Å²) in [6, 6.07) is 0. The molecular formula is C12H28NO5P. The van der Waals surface area contributed by atoms with Gasteiger partial charge in [-0.15, -0.1) is 0 Å². The topological polar surface area (TPSA) is 97.7 Å². The Hall–Kier alpha value is -0.420. The van der Waals surface area contributed by atoms with Gasteiger partial charge in [0.1, 0.15) is 7.60 Å². The van der Waals surface area contributed by atoms with Gasteiger partial charge in [0.25, 0.3) is 0 Å². The van der Waals surface area contributed by atoms with Crippen molar-refractivity contribution in [2.24, 2.45) is 0 Å². The molecule has 2 N–H and O–H groups in total. The molecule has 0 amide bonds. The van der Waals surface area contributed by atoms with Crippen LogP contribution < -0.4 is 4.89 Å². The lowest BCUT2D eigenvalue weighted by molar-refractivity contribution is -0.921. The molecule has 0 aromatic rings. The van der Waals surface area contributed by atoms with Crippen LogP contribution in [0.15, 0.2) is 0 Å². The van der Waals surface area contributed by atoms with E-state index < -0.39 is 19.7 Å². The van der Waals surface area contributed by atoms with E-state index in [9.17, 15) is 14.3 Å². The lowest BCUT2D eigenvalue weighted by Gasteiger charge is -2.34. The molecule has 0 bridgehead atoms. The molecule has 7 heteroatoms. The average Bonchev–Trinajstić information content (AvgIpc) is 2.31. The van der Waals surface area contributed by atoms with Crippen LogP contribution in [-0.4, -0.2) is 52.8 Å². The van der Waals surface area contributed by atoms with Crippen molar-refractivity contribution in [1.82, 2.24) is 0 Å². The average molecular weight is 297 g/mol. The highest BCUT2D eigenvalue weighted by Crippen LogP contribution is 2.29. The monoisotopic (exact) mass is 297 g/mol. The molecule has 0 aromatic heterocycles. The fraction of sp³-hybridized carbons (Fsp3) is 0.917. The Kier molecular flexibility index (Phi) is 11.4. The van der Waals surface area contributed by atoms with E-state index in [1.165, 1.54) is 30.7 Å². The fourth-order valence-electron chi connectivity index (χ4n) is 1.77. The second-order valence-corrected chi connectivity index (χ2v) is 6.19. The zero-order valence-corrected chi connectivity index (χ0v) is 13.4. The first-order valence-electron chi connectivity index (χ1n) is 6.76. The van der Waals surface area contributed by atoms with Crippen LogP contribution in [0.3, 0.4) is 0 Å². The van der Waals surface area contributed by atoms with E-state index in [4.69, 9.17) is 10.00 Å². The molecule has 0 rings (SSSR count). The number of aliphatic carboxylic acids is 1. The maximum atomic E-state index is 10.0. The number of rotatable bonds is 8. The molecule has 0 aliphatic rings. The van der Waals surface area contributed by atoms with Crippen molar-refractivity contribution in [3.05, 3.63) is 0 Å². The van der Waals surface area contributed by atoms with Crippen molar-refractivity contribution in [2.45, 2.75) is 40.5 Å². The van der Waals surface area contributed by atoms with Gasteiger partial charge in [0.15, 0.2) is 0 Å². The maximum Gasteiger partial charge on any atom is 0.303 e. The Morgan fingerprint density at radius 3 is 1.63 bits per heavy atom. The Morgan fingerprint density at radius 1 is 1.11 bits per heavy atom. The molecule has 19 heavy (non-hydrogen) atoms. The van der Waals surface area contributed by atoms with Crippen molar-refractivity contribution in [3.8, 4) is 0 Å². The van der Waals surface area contributed by atoms with Crippen LogP contribution in [0.1, 0.15) is 40.5 Å². The third kappa shape index (κ3) is 12.4. The van der Waals surface area contributed by atoms with Crippen LogP contribution in [0.25, 0.3) is 0 Å². The third-order valence-electron chi connectivity index (χ3n) is 3.51. The number of carbonyl (C=O) groups is 1. The van der Waals surface area contributed by atoms with Gasteiger partial charge in [-0.1, -0.05) is 0 Å². The lowest BCUT2D eigenvalue weighted by Crippen LogP contribution is -2.47. The second-order valence-electron chi connectivity index (χ2n) is 4.46. The van der Waals surface area contributed by atoms with Gasteiger partial charge < -0.3 is 23.9 Å². The molecule has 1 atom stereocenters. The molecular weight excluding hydrogens is 269 g/mol. The summed E-state index contributed by atoms with van der Waals surface area (Å²) in [5.41, 5.74) is 0. The zero-order valence-electron chi connectivity index (χ0n) is 12.5. The van der Waals surface area contributed by atoms with Crippen molar-refractivity contribution < 1.29 is 28.7 Å². The molecule has 0 spiro atoms. The largest absolute Gasteiger partial charge is 0.779 e. The second kappa shape index (κ2) is 10.4. The summed E-state index contributed by atoms with van der Waals surface area (Å²) in [5, 5.41) is 8.04. The quantitative estimate of drug-likeness (QED) is 0.519. The van der Waals surface area contributed by atoms with E-state index in [1.54, 1.807) is 0 Å². The highest BCUT2D eigenvalue weighted by molar-refractivity contribution is 7.50. The molecule has 1 unspecified atom stereocenters. The predicted molar refractivity (Wildman–Crippen MR) is 74.0 cm³/mol. The number of carboxylic acid groups (broad SMARTS) is 1. The summed E-state index contributed by atoms with van der Waals surface area (Å²) in [5.74, 6) is -1.06.